The molecule has 2 aromatic rings. The van der Waals surface area contributed by atoms with Gasteiger partial charge in [-0.1, -0.05) is 12.2 Å². The smallest absolute Gasteiger partial charge is 0.155 e. The third-order valence-electron chi connectivity index (χ3n) is 2.12. The zero-order chi connectivity index (χ0) is 12.1. The van der Waals surface area contributed by atoms with Gasteiger partial charge < -0.3 is 11.1 Å². The molecule has 2 aromatic heterocycles. The number of nitrogens with zero attached hydrogens (tertiary/aromatic N) is 4. The molecule has 2 rings (SSSR count). The Morgan fingerprint density at radius 3 is 2.88 bits per heavy atom. The lowest BCUT2D eigenvalue weighted by Crippen LogP contribution is -2.18. The summed E-state index contributed by atoms with van der Waals surface area (Å²) in [6, 6.07) is 1.88. The second-order valence-electron chi connectivity index (χ2n) is 3.31. The van der Waals surface area contributed by atoms with E-state index in [4.69, 9.17) is 18.0 Å². The summed E-state index contributed by atoms with van der Waals surface area (Å²) in [4.78, 5) is 8.46. The van der Waals surface area contributed by atoms with E-state index in [9.17, 15) is 0 Å². The van der Waals surface area contributed by atoms with Crippen LogP contribution in [0.15, 0.2) is 30.9 Å². The molecule has 0 amide bonds. The van der Waals surface area contributed by atoms with Crippen molar-refractivity contribution in [3.05, 3.63) is 36.5 Å². The molecule has 2 heterocycles. The Labute approximate surface area is 104 Å². The van der Waals surface area contributed by atoms with Crippen molar-refractivity contribution < 1.29 is 0 Å². The predicted octanol–water partition coefficient (Wildman–Crippen LogP) is 0.419. The van der Waals surface area contributed by atoms with Crippen molar-refractivity contribution in [3.63, 3.8) is 0 Å². The van der Waals surface area contributed by atoms with Crippen LogP contribution in [0.2, 0.25) is 0 Å². The van der Waals surface area contributed by atoms with Crippen LogP contribution >= 0.6 is 12.2 Å². The monoisotopic (exact) mass is 248 g/mol. The first-order valence-electron chi connectivity index (χ1n) is 5.09. The molecule has 3 N–H and O–H groups in total. The summed E-state index contributed by atoms with van der Waals surface area (Å²) in [5.41, 5.74) is 6.07. The van der Waals surface area contributed by atoms with Crippen LogP contribution in [0.25, 0.3) is 0 Å². The van der Waals surface area contributed by atoms with Crippen LogP contribution in [0, 0.1) is 0 Å². The lowest BCUT2D eigenvalue weighted by molar-refractivity contribution is 0.637. The number of anilines is 1. The van der Waals surface area contributed by atoms with Crippen LogP contribution in [-0.2, 0) is 6.54 Å². The van der Waals surface area contributed by atoms with Crippen molar-refractivity contribution in [1.82, 2.24) is 19.7 Å². The van der Waals surface area contributed by atoms with Gasteiger partial charge in [0.1, 0.15) is 10.7 Å². The zero-order valence-electron chi connectivity index (χ0n) is 9.08. The Balaban J connectivity index is 1.97. The summed E-state index contributed by atoms with van der Waals surface area (Å²) in [6.45, 7) is 1.41. The maximum atomic E-state index is 5.55. The molecule has 17 heavy (non-hydrogen) atoms. The normalized spacial score (nSPS) is 10.1. The first-order valence-corrected chi connectivity index (χ1v) is 5.50. The van der Waals surface area contributed by atoms with Crippen LogP contribution < -0.4 is 11.1 Å². The number of nitrogens with two attached hydrogens (primary N) is 1. The van der Waals surface area contributed by atoms with Gasteiger partial charge in [-0.05, 0) is 6.07 Å². The second kappa shape index (κ2) is 5.35. The molecule has 0 atom stereocenters. The van der Waals surface area contributed by atoms with Crippen molar-refractivity contribution in [2.75, 3.05) is 11.9 Å². The van der Waals surface area contributed by atoms with Gasteiger partial charge in [0.2, 0.25) is 0 Å². The van der Waals surface area contributed by atoms with Crippen LogP contribution in [0.4, 0.5) is 5.82 Å². The number of hydrogen-bond donors (Lipinski definition) is 2. The minimum atomic E-state index is 0.236. The van der Waals surface area contributed by atoms with Crippen LogP contribution in [-0.4, -0.2) is 31.3 Å². The van der Waals surface area contributed by atoms with Crippen molar-refractivity contribution in [2.24, 2.45) is 5.73 Å². The molecule has 0 fully saturated rings. The molecule has 7 heteroatoms. The molecule has 6 nitrogen and oxygen atoms in total. The Morgan fingerprint density at radius 1 is 1.35 bits per heavy atom. The van der Waals surface area contributed by atoms with Crippen molar-refractivity contribution >= 4 is 23.0 Å². The molecule has 0 bridgehead atoms. The SMILES string of the molecule is NC(=S)c1nccnc1NCCn1cccn1. The van der Waals surface area contributed by atoms with Gasteiger partial charge in [-0.25, -0.2) is 9.97 Å². The van der Waals surface area contributed by atoms with Gasteiger partial charge in [0.05, 0.1) is 6.54 Å². The molecule has 0 aliphatic carbocycles. The first-order chi connectivity index (χ1) is 8.27. The van der Waals surface area contributed by atoms with Crippen LogP contribution in [0.3, 0.4) is 0 Å². The van der Waals surface area contributed by atoms with E-state index in [1.807, 2.05) is 16.9 Å². The average Bonchev–Trinajstić information content (AvgIpc) is 2.82. The molecule has 0 unspecified atom stereocenters. The molecular formula is C10H12N6S. The van der Waals surface area contributed by atoms with Gasteiger partial charge in [0.25, 0.3) is 0 Å². The van der Waals surface area contributed by atoms with Gasteiger partial charge in [0, 0.05) is 31.3 Å². The summed E-state index contributed by atoms with van der Waals surface area (Å²) in [6.07, 6.45) is 6.79. The largest absolute Gasteiger partial charge is 0.388 e. The summed E-state index contributed by atoms with van der Waals surface area (Å²) >= 11 is 4.90. The zero-order valence-corrected chi connectivity index (χ0v) is 9.89. The standard InChI is InChI=1S/C10H12N6S/c11-9(17)8-10(13-4-3-12-8)14-5-7-16-6-1-2-15-16/h1-4,6H,5,7H2,(H2,11,17)(H,13,14). The minimum Gasteiger partial charge on any atom is -0.388 e. The Hall–Kier alpha value is -2.02. The maximum Gasteiger partial charge on any atom is 0.155 e. The molecule has 0 aromatic carbocycles. The molecule has 0 spiro atoms. The van der Waals surface area contributed by atoms with E-state index in [1.165, 1.54) is 0 Å². The summed E-state index contributed by atoms with van der Waals surface area (Å²) < 4.78 is 1.82. The van der Waals surface area contributed by atoms with E-state index in [1.54, 1.807) is 18.6 Å². The fraction of sp³-hybridized carbons (Fsp3) is 0.200. The molecule has 0 aliphatic rings. The van der Waals surface area contributed by atoms with Crippen molar-refractivity contribution in [2.45, 2.75) is 6.54 Å². The quantitative estimate of drug-likeness (QED) is 0.746. The molecule has 0 radical (unpaired) electrons. The lowest BCUT2D eigenvalue weighted by Gasteiger charge is -2.08. The Kier molecular flexibility index (Phi) is 3.61. The highest BCUT2D eigenvalue weighted by Gasteiger charge is 2.06. The molecule has 0 saturated heterocycles. The molecule has 0 saturated carbocycles. The summed E-state index contributed by atoms with van der Waals surface area (Å²) in [5.74, 6) is 0.604. The average molecular weight is 248 g/mol. The summed E-state index contributed by atoms with van der Waals surface area (Å²) in [5, 5.41) is 7.23. The fourth-order valence-electron chi connectivity index (χ4n) is 1.37. The van der Waals surface area contributed by atoms with Gasteiger partial charge in [0.15, 0.2) is 5.82 Å². The van der Waals surface area contributed by atoms with Gasteiger partial charge in [-0.2, -0.15) is 5.10 Å². The highest BCUT2D eigenvalue weighted by atomic mass is 32.1. The Bertz CT molecular complexity index is 495. The van der Waals surface area contributed by atoms with Gasteiger partial charge in [-0.3, -0.25) is 4.68 Å². The fourth-order valence-corrected chi connectivity index (χ4v) is 1.52. The number of rotatable bonds is 5. The van der Waals surface area contributed by atoms with Gasteiger partial charge in [-0.15, -0.1) is 0 Å². The number of thiocarbonyl (C=S) groups is 1. The molecule has 88 valence electrons. The number of hydrogen-bond acceptors (Lipinski definition) is 5. The topological polar surface area (TPSA) is 81.6 Å². The maximum absolute atomic E-state index is 5.55. The lowest BCUT2D eigenvalue weighted by atomic mass is 10.4. The number of nitrogens with one attached hydrogen (secondary N) is 1. The van der Waals surface area contributed by atoms with Crippen LogP contribution in [0.1, 0.15) is 5.69 Å². The van der Waals surface area contributed by atoms with E-state index in [-0.39, 0.29) is 4.99 Å². The summed E-state index contributed by atoms with van der Waals surface area (Å²) in [7, 11) is 0. The van der Waals surface area contributed by atoms with Crippen molar-refractivity contribution in [1.29, 1.82) is 0 Å². The molecular weight excluding hydrogens is 236 g/mol. The third-order valence-corrected chi connectivity index (χ3v) is 2.32. The second-order valence-corrected chi connectivity index (χ2v) is 3.75. The van der Waals surface area contributed by atoms with Gasteiger partial charge >= 0.3 is 0 Å². The predicted molar refractivity (Wildman–Crippen MR) is 68.6 cm³/mol. The van der Waals surface area contributed by atoms with E-state index >= 15 is 0 Å². The first kappa shape index (κ1) is 11.5. The van der Waals surface area contributed by atoms with E-state index in [2.05, 4.69) is 20.4 Å². The van der Waals surface area contributed by atoms with E-state index < -0.39 is 0 Å². The van der Waals surface area contributed by atoms with E-state index in [0.717, 1.165) is 6.54 Å². The highest BCUT2D eigenvalue weighted by Crippen LogP contribution is 2.07. The molecule has 0 aliphatic heterocycles. The van der Waals surface area contributed by atoms with E-state index in [0.29, 0.717) is 18.1 Å². The Morgan fingerprint density at radius 2 is 2.18 bits per heavy atom. The van der Waals surface area contributed by atoms with Crippen molar-refractivity contribution in [3.8, 4) is 0 Å². The van der Waals surface area contributed by atoms with Crippen LogP contribution in [0.5, 0.6) is 0 Å². The highest BCUT2D eigenvalue weighted by molar-refractivity contribution is 7.80. The third kappa shape index (κ3) is 2.97. The minimum absolute atomic E-state index is 0.236. The number of aromatic nitrogens is 4.